The van der Waals surface area contributed by atoms with Gasteiger partial charge in [-0.2, -0.15) is 10.1 Å². The summed E-state index contributed by atoms with van der Waals surface area (Å²) in [5.41, 5.74) is 4.10. The molecule has 0 fully saturated rings. The van der Waals surface area contributed by atoms with Crippen molar-refractivity contribution in [1.82, 2.24) is 0 Å². The van der Waals surface area contributed by atoms with Gasteiger partial charge in [-0.15, -0.1) is 0 Å². The van der Waals surface area contributed by atoms with Gasteiger partial charge in [0.1, 0.15) is 0 Å². The highest BCUT2D eigenvalue weighted by Gasteiger charge is 2.32. The van der Waals surface area contributed by atoms with Gasteiger partial charge in [0, 0.05) is 0 Å². The van der Waals surface area contributed by atoms with Crippen LogP contribution in [0.3, 0.4) is 0 Å². The van der Waals surface area contributed by atoms with Crippen LogP contribution in [0.4, 0.5) is 5.69 Å². The zero-order chi connectivity index (χ0) is 12.6. The fourth-order valence-corrected chi connectivity index (χ4v) is 2.09. The van der Waals surface area contributed by atoms with Crippen LogP contribution < -0.4 is 5.01 Å². The maximum absolute atomic E-state index is 12.1. The van der Waals surface area contributed by atoms with Gasteiger partial charge in [-0.25, -0.2) is 0 Å². The van der Waals surface area contributed by atoms with E-state index in [1.54, 1.807) is 5.01 Å². The van der Waals surface area contributed by atoms with Crippen molar-refractivity contribution in [3.05, 3.63) is 29.3 Å². The van der Waals surface area contributed by atoms with Crippen LogP contribution in [-0.2, 0) is 4.79 Å². The number of aryl methyl sites for hydroxylation is 2. The molecule has 0 saturated carbocycles. The van der Waals surface area contributed by atoms with Crippen molar-refractivity contribution in [3.63, 3.8) is 0 Å². The lowest BCUT2D eigenvalue weighted by molar-refractivity contribution is -0.119. The van der Waals surface area contributed by atoms with Crippen molar-refractivity contribution in [2.45, 2.75) is 34.1 Å². The second kappa shape index (κ2) is 4.32. The van der Waals surface area contributed by atoms with Gasteiger partial charge in [0.15, 0.2) is 0 Å². The smallest absolute Gasteiger partial charge is 0.255 e. The fourth-order valence-electron chi connectivity index (χ4n) is 2.09. The minimum atomic E-state index is -0.0834. The molecule has 2 rings (SSSR count). The van der Waals surface area contributed by atoms with Crippen molar-refractivity contribution in [1.29, 1.82) is 0 Å². The molecular formula is C14H18N2O. The molecule has 1 amide bonds. The topological polar surface area (TPSA) is 32.7 Å². The van der Waals surface area contributed by atoms with Crippen LogP contribution in [0.5, 0.6) is 0 Å². The highest BCUT2D eigenvalue weighted by Crippen LogP contribution is 2.28. The molecule has 0 N–H and O–H groups in total. The van der Waals surface area contributed by atoms with Gasteiger partial charge in [-0.05, 0) is 44.4 Å². The lowest BCUT2D eigenvalue weighted by atomic mass is 10.0. The summed E-state index contributed by atoms with van der Waals surface area (Å²) in [6.07, 6.45) is 0.828. The average Bonchev–Trinajstić information content (AvgIpc) is 2.59. The van der Waals surface area contributed by atoms with Gasteiger partial charge < -0.3 is 0 Å². The summed E-state index contributed by atoms with van der Waals surface area (Å²) in [7, 11) is 0. The second-order valence-electron chi connectivity index (χ2n) is 4.61. The summed E-state index contributed by atoms with van der Waals surface area (Å²) in [5.74, 6) is -0.00420. The Labute approximate surface area is 102 Å². The number of rotatable bonds is 2. The lowest BCUT2D eigenvalue weighted by Crippen LogP contribution is -2.26. The zero-order valence-electron chi connectivity index (χ0n) is 10.8. The van der Waals surface area contributed by atoms with E-state index in [1.807, 2.05) is 45.9 Å². The van der Waals surface area contributed by atoms with Crippen LogP contribution in [0.2, 0.25) is 0 Å². The maximum atomic E-state index is 12.1. The first kappa shape index (κ1) is 11.8. The van der Waals surface area contributed by atoms with Crippen LogP contribution in [0.25, 0.3) is 0 Å². The van der Waals surface area contributed by atoms with Crippen LogP contribution in [-0.4, -0.2) is 11.6 Å². The van der Waals surface area contributed by atoms with E-state index in [0.29, 0.717) is 0 Å². The number of anilines is 1. The SMILES string of the molecule is CCC1=NN(c2cc(C)ccc2C)C(=O)C1C. The van der Waals surface area contributed by atoms with Gasteiger partial charge >= 0.3 is 0 Å². The number of hydrogen-bond donors (Lipinski definition) is 0. The molecule has 1 aliphatic rings. The third-order valence-electron chi connectivity index (χ3n) is 3.26. The van der Waals surface area contributed by atoms with E-state index in [-0.39, 0.29) is 11.8 Å². The molecule has 1 aliphatic heterocycles. The van der Waals surface area contributed by atoms with E-state index in [1.165, 1.54) is 0 Å². The Morgan fingerprint density at radius 2 is 2.06 bits per heavy atom. The molecule has 17 heavy (non-hydrogen) atoms. The van der Waals surface area contributed by atoms with E-state index in [2.05, 4.69) is 5.10 Å². The van der Waals surface area contributed by atoms with E-state index in [9.17, 15) is 4.79 Å². The Kier molecular flexibility index (Phi) is 3.01. The Hall–Kier alpha value is -1.64. The number of amides is 1. The molecule has 1 atom stereocenters. The maximum Gasteiger partial charge on any atom is 0.255 e. The number of carbonyl (C=O) groups is 1. The predicted octanol–water partition coefficient (Wildman–Crippen LogP) is 3.05. The largest absolute Gasteiger partial charge is 0.272 e. The van der Waals surface area contributed by atoms with Gasteiger partial charge in [-0.1, -0.05) is 19.1 Å². The Bertz CT molecular complexity index is 491. The van der Waals surface area contributed by atoms with Crippen molar-refractivity contribution in [2.24, 2.45) is 11.0 Å². The molecule has 0 aromatic heterocycles. The first-order valence-electron chi connectivity index (χ1n) is 6.03. The van der Waals surface area contributed by atoms with E-state index in [0.717, 1.165) is 28.9 Å². The lowest BCUT2D eigenvalue weighted by Gasteiger charge is -2.16. The summed E-state index contributed by atoms with van der Waals surface area (Å²) < 4.78 is 0. The van der Waals surface area contributed by atoms with Crippen molar-refractivity contribution in [2.75, 3.05) is 5.01 Å². The van der Waals surface area contributed by atoms with E-state index < -0.39 is 0 Å². The molecule has 1 aromatic rings. The predicted molar refractivity (Wildman–Crippen MR) is 70.3 cm³/mol. The Morgan fingerprint density at radius 3 is 2.65 bits per heavy atom. The third kappa shape index (κ3) is 1.97. The second-order valence-corrected chi connectivity index (χ2v) is 4.61. The molecular weight excluding hydrogens is 212 g/mol. The molecule has 3 heteroatoms. The molecule has 1 aromatic carbocycles. The van der Waals surface area contributed by atoms with Gasteiger partial charge in [0.2, 0.25) is 0 Å². The van der Waals surface area contributed by atoms with Gasteiger partial charge in [0.25, 0.3) is 5.91 Å². The van der Waals surface area contributed by atoms with Crippen LogP contribution in [0.15, 0.2) is 23.3 Å². The molecule has 0 saturated heterocycles. The number of hydrogen-bond acceptors (Lipinski definition) is 2. The van der Waals surface area contributed by atoms with Crippen LogP contribution in [0, 0.1) is 19.8 Å². The van der Waals surface area contributed by atoms with Gasteiger partial charge in [-0.3, -0.25) is 4.79 Å². The summed E-state index contributed by atoms with van der Waals surface area (Å²) >= 11 is 0. The summed E-state index contributed by atoms with van der Waals surface area (Å²) in [5, 5.41) is 6.00. The van der Waals surface area contributed by atoms with Crippen molar-refractivity contribution in [3.8, 4) is 0 Å². The molecule has 0 radical (unpaired) electrons. The molecule has 3 nitrogen and oxygen atoms in total. The third-order valence-corrected chi connectivity index (χ3v) is 3.26. The molecule has 0 spiro atoms. The fraction of sp³-hybridized carbons (Fsp3) is 0.429. The number of carbonyl (C=O) groups excluding carboxylic acids is 1. The van der Waals surface area contributed by atoms with E-state index in [4.69, 9.17) is 0 Å². The number of nitrogens with zero attached hydrogens (tertiary/aromatic N) is 2. The van der Waals surface area contributed by atoms with Gasteiger partial charge in [0.05, 0.1) is 17.3 Å². The highest BCUT2D eigenvalue weighted by molar-refractivity contribution is 6.15. The first-order valence-corrected chi connectivity index (χ1v) is 6.03. The minimum Gasteiger partial charge on any atom is -0.272 e. The summed E-state index contributed by atoms with van der Waals surface area (Å²) in [6.45, 7) is 7.99. The van der Waals surface area contributed by atoms with E-state index >= 15 is 0 Å². The number of benzene rings is 1. The summed E-state index contributed by atoms with van der Waals surface area (Å²) in [6, 6.07) is 6.09. The monoisotopic (exact) mass is 230 g/mol. The number of hydrazone groups is 1. The average molecular weight is 230 g/mol. The molecule has 0 aliphatic carbocycles. The van der Waals surface area contributed by atoms with Crippen LogP contribution in [0.1, 0.15) is 31.4 Å². The molecule has 0 bridgehead atoms. The standard InChI is InChI=1S/C14H18N2O/c1-5-12-11(4)14(17)16(15-12)13-8-9(2)6-7-10(13)3/h6-8,11H,5H2,1-4H3. The van der Waals surface area contributed by atoms with Crippen molar-refractivity contribution >= 4 is 17.3 Å². The Balaban J connectivity index is 2.44. The molecule has 1 unspecified atom stereocenters. The van der Waals surface area contributed by atoms with Crippen molar-refractivity contribution < 1.29 is 4.79 Å². The zero-order valence-corrected chi connectivity index (χ0v) is 10.8. The Morgan fingerprint density at radius 1 is 1.35 bits per heavy atom. The quantitative estimate of drug-likeness (QED) is 0.768. The highest BCUT2D eigenvalue weighted by atomic mass is 16.2. The first-order chi connectivity index (χ1) is 8.04. The normalized spacial score (nSPS) is 19.8. The molecule has 90 valence electrons. The minimum absolute atomic E-state index is 0.0792. The summed E-state index contributed by atoms with van der Waals surface area (Å²) in [4.78, 5) is 12.1. The van der Waals surface area contributed by atoms with Crippen LogP contribution >= 0.6 is 0 Å². The molecule has 1 heterocycles.